The number of fused-ring (bicyclic) bond motifs is 2. The van der Waals surface area contributed by atoms with Crippen LogP contribution in [0.5, 0.6) is 0 Å². The molecule has 24 heavy (non-hydrogen) atoms. The number of likely N-dealkylation sites (N-methyl/N-ethyl adjacent to an activating group) is 1. The van der Waals surface area contributed by atoms with Gasteiger partial charge in [-0.1, -0.05) is 27.7 Å². The van der Waals surface area contributed by atoms with Gasteiger partial charge in [0, 0.05) is 39.3 Å². The Morgan fingerprint density at radius 1 is 1.12 bits per heavy atom. The first-order valence-corrected chi connectivity index (χ1v) is 10.1. The van der Waals surface area contributed by atoms with E-state index in [2.05, 4.69) is 37.5 Å². The molecule has 0 unspecified atom stereocenters. The molecule has 1 N–H and O–H groups in total. The molecule has 1 heterocycles. The second-order valence-corrected chi connectivity index (χ2v) is 9.15. The smallest absolute Gasteiger partial charge is 0.0689 e. The van der Waals surface area contributed by atoms with Gasteiger partial charge >= 0.3 is 0 Å². The second-order valence-electron chi connectivity index (χ2n) is 9.15. The van der Waals surface area contributed by atoms with Crippen LogP contribution in [-0.4, -0.2) is 73.0 Å². The molecular formula is C20H38N2O2. The Kier molecular flexibility index (Phi) is 5.60. The van der Waals surface area contributed by atoms with Gasteiger partial charge in [-0.3, -0.25) is 4.90 Å². The van der Waals surface area contributed by atoms with Gasteiger partial charge in [0.1, 0.15) is 0 Å². The molecule has 1 saturated heterocycles. The quantitative estimate of drug-likeness (QED) is 0.774. The zero-order valence-electron chi connectivity index (χ0n) is 16.3. The van der Waals surface area contributed by atoms with E-state index < -0.39 is 0 Å². The maximum Gasteiger partial charge on any atom is 0.0689 e. The summed E-state index contributed by atoms with van der Waals surface area (Å²) < 4.78 is 6.28. The highest BCUT2D eigenvalue weighted by atomic mass is 16.5. The van der Waals surface area contributed by atoms with Gasteiger partial charge in [-0.25, -0.2) is 0 Å². The minimum atomic E-state index is -0.252. The molecule has 2 bridgehead atoms. The Morgan fingerprint density at radius 2 is 1.79 bits per heavy atom. The first-order chi connectivity index (χ1) is 11.4. The van der Waals surface area contributed by atoms with E-state index in [0.717, 1.165) is 51.6 Å². The monoisotopic (exact) mass is 338 g/mol. The highest BCUT2D eigenvalue weighted by Gasteiger charge is 2.61. The van der Waals surface area contributed by atoms with Crippen molar-refractivity contribution in [2.45, 2.75) is 65.6 Å². The molecule has 2 saturated carbocycles. The van der Waals surface area contributed by atoms with Crippen LogP contribution in [0, 0.1) is 16.7 Å². The Bertz CT molecular complexity index is 420. The standard InChI is InChI=1S/C20H38N2O2/c1-5-21-9-11-22(12-10-21)15-17(23)7-13-24-18-14-16-6-8-20(18,4)19(16,2)3/h16-18,23H,5-15H2,1-4H3/t16-,17+,18+,20-/m0/s1. The van der Waals surface area contributed by atoms with Crippen molar-refractivity contribution >= 4 is 0 Å². The van der Waals surface area contributed by atoms with E-state index in [1.165, 1.54) is 19.3 Å². The van der Waals surface area contributed by atoms with Gasteiger partial charge in [-0.2, -0.15) is 0 Å². The van der Waals surface area contributed by atoms with Gasteiger partial charge in [0.05, 0.1) is 12.2 Å². The fraction of sp³-hybridized carbons (Fsp3) is 1.00. The van der Waals surface area contributed by atoms with Crippen molar-refractivity contribution in [2.24, 2.45) is 16.7 Å². The molecule has 3 fully saturated rings. The summed E-state index contributed by atoms with van der Waals surface area (Å²) in [6.45, 7) is 16.6. The van der Waals surface area contributed by atoms with Crippen molar-refractivity contribution in [1.82, 2.24) is 9.80 Å². The Labute approximate surface area is 148 Å². The molecule has 0 radical (unpaired) electrons. The third-order valence-electron chi connectivity index (χ3n) is 7.87. The molecule has 4 atom stereocenters. The van der Waals surface area contributed by atoms with Crippen molar-refractivity contribution in [1.29, 1.82) is 0 Å². The van der Waals surface area contributed by atoms with Crippen LogP contribution < -0.4 is 0 Å². The van der Waals surface area contributed by atoms with Crippen molar-refractivity contribution in [2.75, 3.05) is 45.9 Å². The summed E-state index contributed by atoms with van der Waals surface area (Å²) >= 11 is 0. The van der Waals surface area contributed by atoms with Crippen LogP contribution >= 0.6 is 0 Å². The Balaban J connectivity index is 1.37. The van der Waals surface area contributed by atoms with E-state index >= 15 is 0 Å². The lowest BCUT2D eigenvalue weighted by molar-refractivity contribution is -0.0570. The molecule has 4 heteroatoms. The number of hydrogen-bond acceptors (Lipinski definition) is 4. The largest absolute Gasteiger partial charge is 0.392 e. The van der Waals surface area contributed by atoms with Gasteiger partial charge in [0.15, 0.2) is 0 Å². The normalized spacial score (nSPS) is 37.9. The average molecular weight is 339 g/mol. The summed E-state index contributed by atoms with van der Waals surface area (Å²) in [6.07, 6.45) is 4.81. The lowest BCUT2D eigenvalue weighted by Gasteiger charge is -2.39. The topological polar surface area (TPSA) is 35.9 Å². The van der Waals surface area contributed by atoms with Gasteiger partial charge in [0.25, 0.3) is 0 Å². The number of β-amino-alcohol motifs (C(OH)–C–C–N with tert-alkyl or cyclic N) is 1. The molecule has 0 spiro atoms. The number of rotatable bonds is 7. The highest BCUT2D eigenvalue weighted by Crippen LogP contribution is 2.66. The number of nitrogens with zero attached hydrogens (tertiary/aromatic N) is 2. The van der Waals surface area contributed by atoms with Crippen molar-refractivity contribution in [3.05, 3.63) is 0 Å². The van der Waals surface area contributed by atoms with E-state index in [1.54, 1.807) is 0 Å². The molecule has 2 aliphatic carbocycles. The van der Waals surface area contributed by atoms with Crippen LogP contribution in [0.25, 0.3) is 0 Å². The number of hydrogen-bond donors (Lipinski definition) is 1. The summed E-state index contributed by atoms with van der Waals surface area (Å²) in [4.78, 5) is 4.88. The number of aliphatic hydroxyl groups excluding tert-OH is 1. The Hall–Kier alpha value is -0.160. The molecule has 0 amide bonds. The molecule has 3 rings (SSSR count). The predicted octanol–water partition coefficient (Wildman–Crippen LogP) is 2.61. The summed E-state index contributed by atoms with van der Waals surface area (Å²) in [5.41, 5.74) is 0.744. The molecule has 140 valence electrons. The summed E-state index contributed by atoms with van der Waals surface area (Å²) in [5.74, 6) is 0.826. The van der Waals surface area contributed by atoms with Crippen LogP contribution in [0.4, 0.5) is 0 Å². The molecule has 4 nitrogen and oxygen atoms in total. The van der Waals surface area contributed by atoms with Crippen LogP contribution in [-0.2, 0) is 4.74 Å². The van der Waals surface area contributed by atoms with Crippen molar-refractivity contribution < 1.29 is 9.84 Å². The minimum absolute atomic E-state index is 0.252. The SMILES string of the molecule is CCN1CCN(C[C@H](O)CCO[C@@H]2C[C@@H]3CC[C@]2(C)C3(C)C)CC1. The van der Waals surface area contributed by atoms with Crippen LogP contribution in [0.3, 0.4) is 0 Å². The fourth-order valence-corrected chi connectivity index (χ4v) is 5.41. The molecule has 0 aromatic carbocycles. The van der Waals surface area contributed by atoms with Crippen LogP contribution in [0.2, 0.25) is 0 Å². The van der Waals surface area contributed by atoms with Gasteiger partial charge in [-0.05, 0) is 49.0 Å². The number of piperazine rings is 1. The molecular weight excluding hydrogens is 300 g/mol. The summed E-state index contributed by atoms with van der Waals surface area (Å²) in [6, 6.07) is 0. The van der Waals surface area contributed by atoms with E-state index in [-0.39, 0.29) is 6.10 Å². The van der Waals surface area contributed by atoms with Gasteiger partial charge in [-0.15, -0.1) is 0 Å². The molecule has 1 aliphatic heterocycles. The maximum atomic E-state index is 10.4. The first kappa shape index (κ1) is 18.6. The molecule has 3 aliphatic rings. The van der Waals surface area contributed by atoms with Crippen LogP contribution in [0.15, 0.2) is 0 Å². The zero-order chi connectivity index (χ0) is 17.4. The first-order valence-electron chi connectivity index (χ1n) is 10.1. The highest BCUT2D eigenvalue weighted by molar-refractivity contribution is 5.11. The summed E-state index contributed by atoms with van der Waals surface area (Å²) in [7, 11) is 0. The summed E-state index contributed by atoms with van der Waals surface area (Å²) in [5, 5.41) is 10.4. The third-order valence-corrected chi connectivity index (χ3v) is 7.87. The lowest BCUT2D eigenvalue weighted by Crippen LogP contribution is -2.48. The van der Waals surface area contributed by atoms with Crippen LogP contribution in [0.1, 0.15) is 53.4 Å². The van der Waals surface area contributed by atoms with Crippen molar-refractivity contribution in [3.8, 4) is 0 Å². The van der Waals surface area contributed by atoms with E-state index in [1.807, 2.05) is 0 Å². The number of ether oxygens (including phenoxy) is 1. The van der Waals surface area contributed by atoms with E-state index in [0.29, 0.717) is 23.5 Å². The second kappa shape index (κ2) is 7.22. The molecule has 0 aromatic heterocycles. The minimum Gasteiger partial charge on any atom is -0.392 e. The van der Waals surface area contributed by atoms with E-state index in [9.17, 15) is 5.11 Å². The van der Waals surface area contributed by atoms with Gasteiger partial charge < -0.3 is 14.7 Å². The maximum absolute atomic E-state index is 10.4. The van der Waals surface area contributed by atoms with Crippen molar-refractivity contribution in [3.63, 3.8) is 0 Å². The average Bonchev–Trinajstić information content (AvgIpc) is 2.89. The van der Waals surface area contributed by atoms with E-state index in [4.69, 9.17) is 4.74 Å². The lowest BCUT2D eigenvalue weighted by atomic mass is 9.70. The Morgan fingerprint density at radius 3 is 2.33 bits per heavy atom. The number of aliphatic hydroxyl groups is 1. The predicted molar refractivity (Wildman–Crippen MR) is 98.1 cm³/mol. The zero-order valence-corrected chi connectivity index (χ0v) is 16.3. The molecule has 0 aromatic rings. The third kappa shape index (κ3) is 3.40. The van der Waals surface area contributed by atoms with Gasteiger partial charge in [0.2, 0.25) is 0 Å². The fourth-order valence-electron chi connectivity index (χ4n) is 5.41.